The van der Waals surface area contributed by atoms with E-state index in [1.807, 2.05) is 32.0 Å². The van der Waals surface area contributed by atoms with Crippen molar-refractivity contribution in [3.05, 3.63) is 61.5 Å². The van der Waals surface area contributed by atoms with Crippen LogP contribution < -0.4 is 15.8 Å². The van der Waals surface area contributed by atoms with E-state index in [-0.39, 0.29) is 12.2 Å². The first kappa shape index (κ1) is 21.7. The predicted molar refractivity (Wildman–Crippen MR) is 115 cm³/mol. The van der Waals surface area contributed by atoms with E-state index in [9.17, 15) is 14.9 Å². The summed E-state index contributed by atoms with van der Waals surface area (Å²) >= 11 is 6.70. The van der Waals surface area contributed by atoms with Gasteiger partial charge >= 0.3 is 0 Å². The summed E-state index contributed by atoms with van der Waals surface area (Å²) in [6.07, 6.45) is 1.47. The van der Waals surface area contributed by atoms with Crippen LogP contribution in [0.1, 0.15) is 16.7 Å². The molecule has 28 heavy (non-hydrogen) atoms. The number of hydrogen-bond acceptors (Lipinski definition) is 4. The second-order valence-electron chi connectivity index (χ2n) is 5.94. The van der Waals surface area contributed by atoms with E-state index >= 15 is 0 Å². The van der Waals surface area contributed by atoms with E-state index in [1.165, 1.54) is 6.08 Å². The number of nitrogens with one attached hydrogen (secondary N) is 1. The number of nitrogens with two attached hydrogens (primary N) is 1. The van der Waals surface area contributed by atoms with Gasteiger partial charge in [-0.2, -0.15) is 5.26 Å². The van der Waals surface area contributed by atoms with Crippen LogP contribution in [0, 0.1) is 25.2 Å². The van der Waals surface area contributed by atoms with Crippen LogP contribution in [0.4, 0.5) is 5.69 Å². The van der Waals surface area contributed by atoms with E-state index in [0.717, 1.165) is 11.1 Å². The van der Waals surface area contributed by atoms with Crippen LogP contribution in [0.15, 0.2) is 44.9 Å². The predicted octanol–water partition coefficient (Wildman–Crippen LogP) is 4.24. The van der Waals surface area contributed by atoms with Gasteiger partial charge in [0, 0.05) is 5.69 Å². The summed E-state index contributed by atoms with van der Waals surface area (Å²) in [5, 5.41) is 12.2. The number of ether oxygens (including phenoxy) is 1. The minimum Gasteiger partial charge on any atom is -0.481 e. The molecular formula is C20H17Br2N3O3. The van der Waals surface area contributed by atoms with E-state index < -0.39 is 11.8 Å². The van der Waals surface area contributed by atoms with E-state index in [1.54, 1.807) is 18.2 Å². The van der Waals surface area contributed by atoms with Gasteiger partial charge in [0.2, 0.25) is 0 Å². The number of anilines is 1. The molecular weight excluding hydrogens is 490 g/mol. The minimum absolute atomic E-state index is 0.0505. The molecule has 6 nitrogen and oxygen atoms in total. The number of nitrogens with zero attached hydrogens (tertiary/aromatic N) is 1. The molecule has 0 aliphatic rings. The Balaban J connectivity index is 2.28. The molecule has 0 fully saturated rings. The molecule has 3 N–H and O–H groups in total. The van der Waals surface area contributed by atoms with Crippen molar-refractivity contribution in [2.45, 2.75) is 13.8 Å². The number of aryl methyl sites for hydroxylation is 1. The highest BCUT2D eigenvalue weighted by Gasteiger charge is 2.14. The molecule has 2 rings (SSSR count). The summed E-state index contributed by atoms with van der Waals surface area (Å²) in [5.74, 6) is -0.704. The van der Waals surface area contributed by atoms with Crippen LogP contribution >= 0.6 is 31.9 Å². The van der Waals surface area contributed by atoms with E-state index in [2.05, 4.69) is 37.2 Å². The van der Waals surface area contributed by atoms with Crippen LogP contribution in [-0.2, 0) is 9.59 Å². The molecule has 0 atom stereocenters. The molecule has 144 valence electrons. The van der Waals surface area contributed by atoms with Crippen LogP contribution in [0.2, 0.25) is 0 Å². The van der Waals surface area contributed by atoms with Crippen LogP contribution in [0.25, 0.3) is 6.08 Å². The second-order valence-corrected chi connectivity index (χ2v) is 7.65. The van der Waals surface area contributed by atoms with Gasteiger partial charge in [0.1, 0.15) is 17.4 Å². The van der Waals surface area contributed by atoms with Gasteiger partial charge in [0.15, 0.2) is 6.61 Å². The molecule has 2 aromatic rings. The Bertz CT molecular complexity index is 987. The molecule has 0 saturated heterocycles. The summed E-state index contributed by atoms with van der Waals surface area (Å²) in [6.45, 7) is 3.58. The van der Waals surface area contributed by atoms with Gasteiger partial charge in [0.25, 0.3) is 11.8 Å². The standard InChI is InChI=1S/C20H17Br2N3O3/c1-11-4-3-5-17(12(11)2)25-20(27)14(9-23)6-13-7-15(21)19(16(22)8-13)28-10-18(24)26/h3-8H,10H2,1-2H3,(H2,24,26)(H,25,27)/b14-6+. The summed E-state index contributed by atoms with van der Waals surface area (Å²) in [4.78, 5) is 23.4. The molecule has 0 heterocycles. The van der Waals surface area contributed by atoms with Crippen molar-refractivity contribution in [1.82, 2.24) is 0 Å². The summed E-state index contributed by atoms with van der Waals surface area (Å²) in [6, 6.07) is 10.8. The highest BCUT2D eigenvalue weighted by molar-refractivity contribution is 9.11. The highest BCUT2D eigenvalue weighted by atomic mass is 79.9. The lowest BCUT2D eigenvalue weighted by atomic mass is 10.1. The first-order chi connectivity index (χ1) is 13.2. The fraction of sp³-hybridized carbons (Fsp3) is 0.150. The Morgan fingerprint density at radius 2 is 1.89 bits per heavy atom. The first-order valence-electron chi connectivity index (χ1n) is 8.12. The van der Waals surface area contributed by atoms with Gasteiger partial charge in [-0.3, -0.25) is 9.59 Å². The number of amides is 2. The van der Waals surface area contributed by atoms with Crippen molar-refractivity contribution < 1.29 is 14.3 Å². The molecule has 0 spiro atoms. The topological polar surface area (TPSA) is 105 Å². The Morgan fingerprint density at radius 1 is 1.25 bits per heavy atom. The maximum Gasteiger partial charge on any atom is 0.266 e. The largest absolute Gasteiger partial charge is 0.481 e. The van der Waals surface area contributed by atoms with Crippen molar-refractivity contribution in [3.63, 3.8) is 0 Å². The lowest BCUT2D eigenvalue weighted by Gasteiger charge is -2.11. The van der Waals surface area contributed by atoms with Gasteiger partial charge < -0.3 is 15.8 Å². The van der Waals surface area contributed by atoms with Crippen LogP contribution in [0.5, 0.6) is 5.75 Å². The Kier molecular flexibility index (Phi) is 7.38. The van der Waals surface area contributed by atoms with Gasteiger partial charge in [0.05, 0.1) is 8.95 Å². The molecule has 0 aromatic heterocycles. The van der Waals surface area contributed by atoms with Crippen molar-refractivity contribution in [2.75, 3.05) is 11.9 Å². The molecule has 8 heteroatoms. The maximum absolute atomic E-state index is 12.5. The van der Waals surface area contributed by atoms with E-state index in [4.69, 9.17) is 10.5 Å². The molecule has 0 unspecified atom stereocenters. The number of halogens is 2. The molecule has 0 bridgehead atoms. The first-order valence-corrected chi connectivity index (χ1v) is 9.71. The zero-order valence-corrected chi connectivity index (χ0v) is 18.3. The summed E-state index contributed by atoms with van der Waals surface area (Å²) in [5.41, 5.74) is 8.27. The fourth-order valence-corrected chi connectivity index (χ4v) is 3.79. The normalized spacial score (nSPS) is 10.9. The Hall–Kier alpha value is -2.63. The molecule has 0 saturated carbocycles. The average Bonchev–Trinajstić information content (AvgIpc) is 2.62. The zero-order valence-electron chi connectivity index (χ0n) is 15.2. The molecule has 2 amide bonds. The number of primary amides is 1. The van der Waals surface area contributed by atoms with Crippen molar-refractivity contribution in [2.24, 2.45) is 5.73 Å². The number of benzene rings is 2. The van der Waals surface area contributed by atoms with Crippen molar-refractivity contribution in [3.8, 4) is 11.8 Å². The number of carbonyl (C=O) groups excluding carboxylic acids is 2. The number of hydrogen-bond donors (Lipinski definition) is 2. The quantitative estimate of drug-likeness (QED) is 0.451. The zero-order chi connectivity index (χ0) is 20.8. The third-order valence-corrected chi connectivity index (χ3v) is 5.09. The van der Waals surface area contributed by atoms with Gasteiger partial charge in [-0.1, -0.05) is 12.1 Å². The van der Waals surface area contributed by atoms with Gasteiger partial charge in [-0.05, 0) is 86.7 Å². The Morgan fingerprint density at radius 3 is 2.46 bits per heavy atom. The smallest absolute Gasteiger partial charge is 0.266 e. The molecule has 0 radical (unpaired) electrons. The lowest BCUT2D eigenvalue weighted by molar-refractivity contribution is -0.120. The lowest BCUT2D eigenvalue weighted by Crippen LogP contribution is -2.20. The third kappa shape index (κ3) is 5.44. The van der Waals surface area contributed by atoms with Gasteiger partial charge in [-0.15, -0.1) is 0 Å². The number of carbonyl (C=O) groups is 2. The number of nitriles is 1. The fourth-order valence-electron chi connectivity index (χ4n) is 2.34. The molecule has 0 aliphatic heterocycles. The number of rotatable bonds is 6. The van der Waals surface area contributed by atoms with Crippen LogP contribution in [-0.4, -0.2) is 18.4 Å². The summed E-state index contributed by atoms with van der Waals surface area (Å²) < 4.78 is 6.42. The molecule has 2 aromatic carbocycles. The average molecular weight is 507 g/mol. The Labute approximate surface area is 179 Å². The van der Waals surface area contributed by atoms with Gasteiger partial charge in [-0.25, -0.2) is 0 Å². The molecule has 0 aliphatic carbocycles. The van der Waals surface area contributed by atoms with Crippen LogP contribution in [0.3, 0.4) is 0 Å². The van der Waals surface area contributed by atoms with Crippen molar-refractivity contribution >= 4 is 55.4 Å². The van der Waals surface area contributed by atoms with E-state index in [0.29, 0.717) is 25.9 Å². The maximum atomic E-state index is 12.5. The minimum atomic E-state index is -0.599. The SMILES string of the molecule is Cc1cccc(NC(=O)/C(C#N)=C/c2cc(Br)c(OCC(N)=O)c(Br)c2)c1C. The van der Waals surface area contributed by atoms with Crippen molar-refractivity contribution in [1.29, 1.82) is 5.26 Å². The highest BCUT2D eigenvalue weighted by Crippen LogP contribution is 2.35. The summed E-state index contributed by atoms with van der Waals surface area (Å²) in [7, 11) is 0. The third-order valence-electron chi connectivity index (χ3n) is 3.91. The second kappa shape index (κ2) is 9.53. The monoisotopic (exact) mass is 505 g/mol.